The Balaban J connectivity index is 1.90. The van der Waals surface area contributed by atoms with E-state index in [1.165, 1.54) is 18.2 Å². The van der Waals surface area contributed by atoms with Gasteiger partial charge in [0.25, 0.3) is 0 Å². The molecule has 0 aliphatic heterocycles. The van der Waals surface area contributed by atoms with E-state index in [9.17, 15) is 9.18 Å². The Kier molecular flexibility index (Phi) is 4.58. The number of hydrogen-bond acceptors (Lipinski definition) is 3. The molecule has 0 bridgehead atoms. The Labute approximate surface area is 121 Å². The van der Waals surface area contributed by atoms with E-state index in [1.807, 2.05) is 0 Å². The van der Waals surface area contributed by atoms with Crippen molar-refractivity contribution in [2.75, 3.05) is 5.73 Å². The van der Waals surface area contributed by atoms with E-state index >= 15 is 0 Å². The molecule has 3 nitrogen and oxygen atoms in total. The summed E-state index contributed by atoms with van der Waals surface area (Å²) in [5.74, 6) is -0.877. The van der Waals surface area contributed by atoms with Crippen molar-refractivity contribution >= 4 is 23.3 Å². The molecular formula is C15H13ClFNO2. The number of carbonyl (C=O) groups is 1. The predicted octanol–water partition coefficient (Wildman–Crippen LogP) is 3.35. The van der Waals surface area contributed by atoms with Crippen LogP contribution in [0.3, 0.4) is 0 Å². The van der Waals surface area contributed by atoms with E-state index in [-0.39, 0.29) is 24.0 Å². The van der Waals surface area contributed by atoms with Crippen LogP contribution in [0.25, 0.3) is 0 Å². The van der Waals surface area contributed by atoms with Gasteiger partial charge in [-0.1, -0.05) is 29.8 Å². The van der Waals surface area contributed by atoms with Crippen LogP contribution in [0.2, 0.25) is 5.02 Å². The Morgan fingerprint density at radius 3 is 2.70 bits per heavy atom. The van der Waals surface area contributed by atoms with Gasteiger partial charge >= 0.3 is 5.97 Å². The Morgan fingerprint density at radius 1 is 1.20 bits per heavy atom. The second kappa shape index (κ2) is 6.39. The molecule has 0 saturated heterocycles. The van der Waals surface area contributed by atoms with Crippen molar-refractivity contribution in [2.45, 2.75) is 13.0 Å². The number of carbonyl (C=O) groups excluding carboxylic acids is 1. The number of halogens is 2. The van der Waals surface area contributed by atoms with Gasteiger partial charge in [-0.3, -0.25) is 4.79 Å². The highest BCUT2D eigenvalue weighted by Gasteiger charge is 2.07. The number of benzene rings is 2. The smallest absolute Gasteiger partial charge is 0.310 e. The zero-order chi connectivity index (χ0) is 14.5. The quantitative estimate of drug-likeness (QED) is 0.695. The van der Waals surface area contributed by atoms with Crippen LogP contribution in [0.5, 0.6) is 0 Å². The molecule has 2 aromatic carbocycles. The van der Waals surface area contributed by atoms with Crippen molar-refractivity contribution < 1.29 is 13.9 Å². The molecule has 0 heterocycles. The summed E-state index contributed by atoms with van der Waals surface area (Å²) in [7, 11) is 0. The lowest BCUT2D eigenvalue weighted by molar-refractivity contribution is -0.144. The van der Waals surface area contributed by atoms with Crippen molar-refractivity contribution in [3.05, 3.63) is 64.4 Å². The highest BCUT2D eigenvalue weighted by atomic mass is 35.5. The van der Waals surface area contributed by atoms with Crippen molar-refractivity contribution in [1.29, 1.82) is 0 Å². The van der Waals surface area contributed by atoms with Gasteiger partial charge < -0.3 is 10.5 Å². The molecule has 0 atom stereocenters. The molecule has 20 heavy (non-hydrogen) atoms. The van der Waals surface area contributed by atoms with E-state index in [0.29, 0.717) is 11.3 Å². The Bertz CT molecular complexity index is 631. The maximum absolute atomic E-state index is 13.0. The van der Waals surface area contributed by atoms with Crippen LogP contribution in [-0.2, 0) is 22.6 Å². The summed E-state index contributed by atoms with van der Waals surface area (Å²) in [5, 5.41) is 0.00869. The van der Waals surface area contributed by atoms with Crippen LogP contribution in [0.4, 0.5) is 10.1 Å². The number of esters is 1. The molecule has 5 heteroatoms. The maximum Gasteiger partial charge on any atom is 0.310 e. The van der Waals surface area contributed by atoms with Gasteiger partial charge in [0, 0.05) is 5.69 Å². The van der Waals surface area contributed by atoms with Gasteiger partial charge in [0.2, 0.25) is 0 Å². The monoisotopic (exact) mass is 293 g/mol. The normalized spacial score (nSPS) is 10.3. The van der Waals surface area contributed by atoms with Gasteiger partial charge in [0.05, 0.1) is 11.4 Å². The number of anilines is 1. The van der Waals surface area contributed by atoms with Gasteiger partial charge in [0.15, 0.2) is 0 Å². The van der Waals surface area contributed by atoms with Crippen LogP contribution in [-0.4, -0.2) is 5.97 Å². The van der Waals surface area contributed by atoms with Crippen LogP contribution in [0.15, 0.2) is 42.5 Å². The van der Waals surface area contributed by atoms with Crippen LogP contribution in [0.1, 0.15) is 11.1 Å². The minimum Gasteiger partial charge on any atom is -0.461 e. The van der Waals surface area contributed by atoms with Gasteiger partial charge in [-0.25, -0.2) is 4.39 Å². The number of nitrogen functional groups attached to an aromatic ring is 1. The molecule has 0 aliphatic carbocycles. The molecule has 0 spiro atoms. The maximum atomic E-state index is 13.0. The van der Waals surface area contributed by atoms with E-state index in [1.54, 1.807) is 24.3 Å². The third kappa shape index (κ3) is 3.96. The second-order valence-corrected chi connectivity index (χ2v) is 4.74. The van der Waals surface area contributed by atoms with Crippen molar-refractivity contribution in [1.82, 2.24) is 0 Å². The van der Waals surface area contributed by atoms with Crippen LogP contribution < -0.4 is 5.73 Å². The first-order valence-electron chi connectivity index (χ1n) is 5.98. The van der Waals surface area contributed by atoms with E-state index in [4.69, 9.17) is 22.1 Å². The summed E-state index contributed by atoms with van der Waals surface area (Å²) in [4.78, 5) is 11.7. The minimum absolute atomic E-state index is 0.00869. The Hall–Kier alpha value is -2.07. The van der Waals surface area contributed by atoms with Crippen molar-refractivity contribution in [2.24, 2.45) is 0 Å². The van der Waals surface area contributed by atoms with E-state index in [0.717, 1.165) is 5.56 Å². The van der Waals surface area contributed by atoms with Crippen molar-refractivity contribution in [3.63, 3.8) is 0 Å². The average Bonchev–Trinajstić information content (AvgIpc) is 2.40. The Morgan fingerprint density at radius 2 is 2.00 bits per heavy atom. The molecule has 0 fully saturated rings. The molecule has 2 rings (SSSR count). The fourth-order valence-electron chi connectivity index (χ4n) is 1.71. The third-order valence-corrected chi connectivity index (χ3v) is 2.97. The van der Waals surface area contributed by atoms with E-state index in [2.05, 4.69) is 0 Å². The lowest BCUT2D eigenvalue weighted by atomic mass is 10.1. The zero-order valence-electron chi connectivity index (χ0n) is 10.6. The lowest BCUT2D eigenvalue weighted by Gasteiger charge is -2.06. The molecule has 0 aromatic heterocycles. The highest BCUT2D eigenvalue weighted by Crippen LogP contribution is 2.17. The third-order valence-electron chi connectivity index (χ3n) is 2.68. The summed E-state index contributed by atoms with van der Waals surface area (Å²) in [6, 6.07) is 11.2. The zero-order valence-corrected chi connectivity index (χ0v) is 11.4. The number of nitrogens with two attached hydrogens (primary N) is 1. The largest absolute Gasteiger partial charge is 0.461 e. The topological polar surface area (TPSA) is 52.3 Å². The first kappa shape index (κ1) is 14.3. The van der Waals surface area contributed by atoms with Crippen LogP contribution >= 0.6 is 11.6 Å². The minimum atomic E-state index is -0.499. The van der Waals surface area contributed by atoms with Crippen molar-refractivity contribution in [3.8, 4) is 0 Å². The molecule has 0 saturated carbocycles. The van der Waals surface area contributed by atoms with Gasteiger partial charge in [-0.2, -0.15) is 0 Å². The second-order valence-electron chi connectivity index (χ2n) is 4.33. The molecule has 0 radical (unpaired) electrons. The van der Waals surface area contributed by atoms with Gasteiger partial charge in [-0.15, -0.1) is 0 Å². The molecule has 0 unspecified atom stereocenters. The fraction of sp³-hybridized carbons (Fsp3) is 0.133. The number of rotatable bonds is 4. The predicted molar refractivity (Wildman–Crippen MR) is 75.8 cm³/mol. The SMILES string of the molecule is Nc1cccc(CC(=O)OCc2ccc(F)c(Cl)c2)c1. The number of hydrogen-bond donors (Lipinski definition) is 1. The summed E-state index contributed by atoms with van der Waals surface area (Å²) in [6.45, 7) is 0.0567. The molecule has 0 aliphatic rings. The molecule has 2 N–H and O–H groups in total. The molecule has 0 amide bonds. The summed E-state index contributed by atoms with van der Waals surface area (Å²) >= 11 is 5.65. The summed E-state index contributed by atoms with van der Waals surface area (Å²) < 4.78 is 18.1. The average molecular weight is 294 g/mol. The van der Waals surface area contributed by atoms with E-state index < -0.39 is 5.82 Å². The van der Waals surface area contributed by atoms with Gasteiger partial charge in [0.1, 0.15) is 12.4 Å². The molecular weight excluding hydrogens is 281 g/mol. The summed E-state index contributed by atoms with van der Waals surface area (Å²) in [5.41, 5.74) is 7.65. The number of ether oxygens (including phenoxy) is 1. The first-order valence-corrected chi connectivity index (χ1v) is 6.36. The summed E-state index contributed by atoms with van der Waals surface area (Å²) in [6.07, 6.45) is 0.139. The highest BCUT2D eigenvalue weighted by molar-refractivity contribution is 6.30. The first-order chi connectivity index (χ1) is 9.54. The fourth-order valence-corrected chi connectivity index (χ4v) is 1.92. The van der Waals surface area contributed by atoms with Gasteiger partial charge in [-0.05, 0) is 35.4 Å². The lowest BCUT2D eigenvalue weighted by Crippen LogP contribution is -2.08. The molecule has 104 valence electrons. The van der Waals surface area contributed by atoms with Crippen LogP contribution in [0, 0.1) is 5.82 Å². The standard InChI is InChI=1S/C15H13ClFNO2/c16-13-7-11(4-5-14(13)17)9-20-15(19)8-10-2-1-3-12(18)6-10/h1-7H,8-9,18H2. The molecule has 2 aromatic rings.